The molecule has 1 aliphatic rings. The fourth-order valence-electron chi connectivity index (χ4n) is 2.41. The summed E-state index contributed by atoms with van der Waals surface area (Å²) in [6.07, 6.45) is 0. The zero-order chi connectivity index (χ0) is 13.9. The van der Waals surface area contributed by atoms with Crippen molar-refractivity contribution in [1.82, 2.24) is 15.2 Å². The van der Waals surface area contributed by atoms with E-state index in [-0.39, 0.29) is 5.91 Å². The van der Waals surface area contributed by atoms with Crippen molar-refractivity contribution in [2.24, 2.45) is 0 Å². The fraction of sp³-hybridized carbons (Fsp3) is 0.429. The van der Waals surface area contributed by atoms with Gasteiger partial charge in [0.05, 0.1) is 16.8 Å². The van der Waals surface area contributed by atoms with Gasteiger partial charge in [-0.2, -0.15) is 0 Å². The molecule has 2 aromatic rings. The third-order valence-corrected chi connectivity index (χ3v) is 4.61. The van der Waals surface area contributed by atoms with Crippen LogP contribution in [0.5, 0.6) is 0 Å². The Bertz CT molecular complexity index is 571. The summed E-state index contributed by atoms with van der Waals surface area (Å²) >= 11 is 1.72. The molecule has 106 valence electrons. The third-order valence-electron chi connectivity index (χ3n) is 3.51. The third kappa shape index (κ3) is 2.62. The van der Waals surface area contributed by atoms with Gasteiger partial charge in [-0.3, -0.25) is 4.79 Å². The van der Waals surface area contributed by atoms with Crippen LogP contribution in [0.25, 0.3) is 10.2 Å². The van der Waals surface area contributed by atoms with Gasteiger partial charge in [-0.25, -0.2) is 4.98 Å². The zero-order valence-corrected chi connectivity index (χ0v) is 12.3. The maximum atomic E-state index is 11.8. The molecule has 3 rings (SSSR count). The Labute approximate surface area is 122 Å². The lowest BCUT2D eigenvalue weighted by Crippen LogP contribution is -2.50. The highest BCUT2D eigenvalue weighted by atomic mass is 32.1. The van der Waals surface area contributed by atoms with E-state index in [1.807, 2.05) is 23.1 Å². The summed E-state index contributed by atoms with van der Waals surface area (Å²) in [4.78, 5) is 20.7. The molecule has 0 atom stereocenters. The summed E-state index contributed by atoms with van der Waals surface area (Å²) < 4.78 is 1.22. The lowest BCUT2D eigenvalue weighted by atomic mass is 10.3. The predicted molar refractivity (Wildman–Crippen MR) is 82.3 cm³/mol. The van der Waals surface area contributed by atoms with E-state index in [1.54, 1.807) is 18.4 Å². The van der Waals surface area contributed by atoms with Crippen LogP contribution in [0, 0.1) is 0 Å². The second-order valence-electron chi connectivity index (χ2n) is 4.86. The minimum Gasteiger partial charge on any atom is -0.345 e. The van der Waals surface area contributed by atoms with Gasteiger partial charge in [0.1, 0.15) is 0 Å². The van der Waals surface area contributed by atoms with Crippen LogP contribution in [0.2, 0.25) is 0 Å². The predicted octanol–water partition coefficient (Wildman–Crippen LogP) is 1.16. The number of benzene rings is 1. The van der Waals surface area contributed by atoms with Crippen LogP contribution in [-0.4, -0.2) is 55.6 Å². The number of amides is 1. The molecule has 0 aliphatic carbocycles. The van der Waals surface area contributed by atoms with Crippen LogP contribution in [0.1, 0.15) is 0 Å². The average molecular weight is 290 g/mol. The summed E-state index contributed by atoms with van der Waals surface area (Å²) in [5, 5.41) is 3.97. The number of hydrogen-bond donors (Lipinski definition) is 1. The van der Waals surface area contributed by atoms with Crippen LogP contribution in [0.4, 0.5) is 5.13 Å². The van der Waals surface area contributed by atoms with Crippen molar-refractivity contribution in [2.45, 2.75) is 0 Å². The first-order valence-electron chi connectivity index (χ1n) is 6.81. The number of likely N-dealkylation sites (N-methyl/N-ethyl adjacent to an activating group) is 1. The molecule has 2 heterocycles. The maximum Gasteiger partial charge on any atom is 0.236 e. The molecule has 1 amide bonds. The van der Waals surface area contributed by atoms with Crippen LogP contribution in [0.15, 0.2) is 24.3 Å². The van der Waals surface area contributed by atoms with Gasteiger partial charge in [0.25, 0.3) is 0 Å². The van der Waals surface area contributed by atoms with Gasteiger partial charge >= 0.3 is 0 Å². The van der Waals surface area contributed by atoms with Gasteiger partial charge in [-0.1, -0.05) is 23.5 Å². The van der Waals surface area contributed by atoms with Gasteiger partial charge < -0.3 is 15.1 Å². The molecule has 0 spiro atoms. The highest BCUT2D eigenvalue weighted by Gasteiger charge is 2.22. The van der Waals surface area contributed by atoms with Crippen molar-refractivity contribution in [3.8, 4) is 0 Å². The molecular formula is C14H18N4OS. The number of para-hydroxylation sites is 1. The van der Waals surface area contributed by atoms with Gasteiger partial charge in [-0.15, -0.1) is 0 Å². The van der Waals surface area contributed by atoms with Crippen LogP contribution >= 0.6 is 11.3 Å². The van der Waals surface area contributed by atoms with E-state index >= 15 is 0 Å². The first-order valence-corrected chi connectivity index (χ1v) is 7.62. The topological polar surface area (TPSA) is 48.5 Å². The Balaban J connectivity index is 1.67. The van der Waals surface area contributed by atoms with E-state index in [9.17, 15) is 4.79 Å². The molecule has 1 N–H and O–H groups in total. The molecule has 0 unspecified atom stereocenters. The molecule has 1 aromatic carbocycles. The van der Waals surface area contributed by atoms with E-state index in [1.165, 1.54) is 4.70 Å². The molecule has 5 nitrogen and oxygen atoms in total. The number of hydrogen-bond acceptors (Lipinski definition) is 5. The number of rotatable bonds is 3. The highest BCUT2D eigenvalue weighted by molar-refractivity contribution is 7.22. The Morgan fingerprint density at radius 3 is 2.75 bits per heavy atom. The van der Waals surface area contributed by atoms with E-state index in [2.05, 4.69) is 21.3 Å². The van der Waals surface area contributed by atoms with Crippen molar-refractivity contribution in [3.63, 3.8) is 0 Å². The van der Waals surface area contributed by atoms with Crippen molar-refractivity contribution < 1.29 is 4.79 Å². The molecule has 20 heavy (non-hydrogen) atoms. The quantitative estimate of drug-likeness (QED) is 0.922. The smallest absolute Gasteiger partial charge is 0.236 e. The normalized spacial score (nSPS) is 15.8. The maximum absolute atomic E-state index is 11.8. The summed E-state index contributed by atoms with van der Waals surface area (Å²) in [7, 11) is 1.80. The second-order valence-corrected chi connectivity index (χ2v) is 5.87. The lowest BCUT2D eigenvalue weighted by molar-refractivity contribution is -0.130. The molecule has 1 saturated heterocycles. The Kier molecular flexibility index (Phi) is 3.84. The van der Waals surface area contributed by atoms with Crippen molar-refractivity contribution in [3.05, 3.63) is 24.3 Å². The summed E-state index contributed by atoms with van der Waals surface area (Å²) in [5.74, 6) is 0.177. The number of aromatic nitrogens is 1. The highest BCUT2D eigenvalue weighted by Crippen LogP contribution is 2.28. The lowest BCUT2D eigenvalue weighted by Gasteiger charge is -2.34. The first-order chi connectivity index (χ1) is 9.78. The van der Waals surface area contributed by atoms with Crippen LogP contribution < -0.4 is 10.2 Å². The SMILES string of the molecule is CNCC(=O)N1CCN(c2nc3ccccc3s2)CC1. The molecule has 1 aliphatic heterocycles. The summed E-state index contributed by atoms with van der Waals surface area (Å²) in [6.45, 7) is 3.68. The van der Waals surface area contributed by atoms with Gasteiger partial charge in [0.2, 0.25) is 5.91 Å². The fourth-order valence-corrected chi connectivity index (χ4v) is 3.42. The molecule has 0 bridgehead atoms. The van der Waals surface area contributed by atoms with Crippen molar-refractivity contribution in [2.75, 3.05) is 44.7 Å². The Hall–Kier alpha value is -1.66. The number of anilines is 1. The number of thiazole rings is 1. The van der Waals surface area contributed by atoms with Crippen LogP contribution in [-0.2, 0) is 4.79 Å². The molecule has 6 heteroatoms. The standard InChI is InChI=1S/C14H18N4OS/c1-15-10-13(19)17-6-8-18(9-7-17)14-16-11-4-2-3-5-12(11)20-14/h2-5,15H,6-10H2,1H3. The van der Waals surface area contributed by atoms with E-state index < -0.39 is 0 Å². The van der Waals surface area contributed by atoms with E-state index in [0.29, 0.717) is 6.54 Å². The number of piperazine rings is 1. The number of nitrogens with one attached hydrogen (secondary N) is 1. The largest absolute Gasteiger partial charge is 0.345 e. The van der Waals surface area contributed by atoms with E-state index in [4.69, 9.17) is 0 Å². The van der Waals surface area contributed by atoms with Gasteiger partial charge in [0.15, 0.2) is 5.13 Å². The minimum atomic E-state index is 0.177. The van der Waals surface area contributed by atoms with Crippen LogP contribution in [0.3, 0.4) is 0 Å². The van der Waals surface area contributed by atoms with E-state index in [0.717, 1.165) is 36.8 Å². The molecule has 1 aromatic heterocycles. The van der Waals surface area contributed by atoms with Gasteiger partial charge in [0, 0.05) is 26.2 Å². The molecule has 0 radical (unpaired) electrons. The molecule has 1 fully saturated rings. The average Bonchev–Trinajstić information content (AvgIpc) is 2.91. The zero-order valence-electron chi connectivity index (χ0n) is 11.5. The summed E-state index contributed by atoms with van der Waals surface area (Å²) in [5.41, 5.74) is 1.06. The second kappa shape index (κ2) is 5.76. The van der Waals surface area contributed by atoms with Gasteiger partial charge in [-0.05, 0) is 19.2 Å². The number of carbonyl (C=O) groups is 1. The number of carbonyl (C=O) groups excluding carboxylic acids is 1. The molecular weight excluding hydrogens is 272 g/mol. The number of fused-ring (bicyclic) bond motifs is 1. The first kappa shape index (κ1) is 13.3. The minimum absolute atomic E-state index is 0.177. The van der Waals surface area contributed by atoms with Crippen molar-refractivity contribution >= 4 is 32.6 Å². The number of nitrogens with zero attached hydrogens (tertiary/aromatic N) is 3. The Morgan fingerprint density at radius 2 is 2.05 bits per heavy atom. The molecule has 0 saturated carbocycles. The summed E-state index contributed by atoms with van der Waals surface area (Å²) in [6, 6.07) is 8.20. The Morgan fingerprint density at radius 1 is 1.30 bits per heavy atom. The monoisotopic (exact) mass is 290 g/mol. The van der Waals surface area contributed by atoms with Crippen molar-refractivity contribution in [1.29, 1.82) is 0 Å².